The Morgan fingerprint density at radius 2 is 1.88 bits per heavy atom. The lowest BCUT2D eigenvalue weighted by atomic mass is 10.2. The number of sulfonamides is 1. The van der Waals surface area contributed by atoms with Crippen LogP contribution in [0.4, 0.5) is 5.82 Å². The van der Waals surface area contributed by atoms with Gasteiger partial charge in [-0.25, -0.2) is 12.7 Å². The molecule has 8 heteroatoms. The van der Waals surface area contributed by atoms with Crippen molar-refractivity contribution in [2.75, 3.05) is 17.1 Å². The summed E-state index contributed by atoms with van der Waals surface area (Å²) in [6.07, 6.45) is 1.04. The van der Waals surface area contributed by atoms with Crippen molar-refractivity contribution in [3.8, 4) is 0 Å². The molecule has 0 N–H and O–H groups in total. The number of nitrogens with zero attached hydrogens (tertiary/aromatic N) is 3. The Morgan fingerprint density at radius 3 is 2.36 bits per heavy atom. The molecule has 7 nitrogen and oxygen atoms in total. The van der Waals surface area contributed by atoms with Gasteiger partial charge in [0.25, 0.3) is 0 Å². The van der Waals surface area contributed by atoms with Crippen molar-refractivity contribution in [2.45, 2.75) is 33.4 Å². The van der Waals surface area contributed by atoms with Crippen molar-refractivity contribution in [3.05, 3.63) is 47.7 Å². The maximum Gasteiger partial charge on any atom is 0.243 e. The third-order valence-corrected chi connectivity index (χ3v) is 4.81. The summed E-state index contributed by atoms with van der Waals surface area (Å²) in [4.78, 5) is 14.4. The van der Waals surface area contributed by atoms with E-state index in [2.05, 4.69) is 5.16 Å². The molecule has 1 aromatic heterocycles. The SMILES string of the molecule is Cc1cc(N(CC(=O)N(Cc2ccccc2)C(C)C)S(C)(=O)=O)no1. The number of carbonyl (C=O) groups is 1. The predicted octanol–water partition coefficient (Wildman–Crippen LogP) is 2.19. The standard InChI is InChI=1S/C17H23N3O4S/c1-13(2)19(11-15-8-6-5-7-9-15)17(21)12-20(25(4,22)23)16-10-14(3)24-18-16/h5-10,13H,11-12H2,1-4H3. The van der Waals surface area contributed by atoms with Crippen LogP contribution in [0.5, 0.6) is 0 Å². The van der Waals surface area contributed by atoms with Crippen LogP contribution in [0.1, 0.15) is 25.2 Å². The van der Waals surface area contributed by atoms with Crippen LogP contribution in [0.15, 0.2) is 40.9 Å². The van der Waals surface area contributed by atoms with Gasteiger partial charge in [0.05, 0.1) is 6.26 Å². The minimum Gasteiger partial charge on any atom is -0.360 e. The average molecular weight is 365 g/mol. The monoisotopic (exact) mass is 365 g/mol. The third kappa shape index (κ3) is 5.06. The lowest BCUT2D eigenvalue weighted by molar-refractivity contribution is -0.131. The number of anilines is 1. The van der Waals surface area contributed by atoms with E-state index in [4.69, 9.17) is 4.52 Å². The van der Waals surface area contributed by atoms with Gasteiger partial charge in [-0.3, -0.25) is 4.79 Å². The van der Waals surface area contributed by atoms with Crippen LogP contribution in [-0.4, -0.2) is 43.2 Å². The second-order valence-electron chi connectivity index (χ2n) is 6.17. The average Bonchev–Trinajstić information content (AvgIpc) is 2.95. The molecule has 2 rings (SSSR count). The van der Waals surface area contributed by atoms with Crippen LogP contribution in [0.2, 0.25) is 0 Å². The second-order valence-corrected chi connectivity index (χ2v) is 8.07. The van der Waals surface area contributed by atoms with Crippen molar-refractivity contribution in [1.82, 2.24) is 10.1 Å². The number of aryl methyl sites for hydroxylation is 1. The lowest BCUT2D eigenvalue weighted by Gasteiger charge is -2.29. The van der Waals surface area contributed by atoms with Crippen molar-refractivity contribution in [1.29, 1.82) is 0 Å². The first-order valence-corrected chi connectivity index (χ1v) is 9.77. The molecule has 0 unspecified atom stereocenters. The van der Waals surface area contributed by atoms with Gasteiger partial charge in [-0.15, -0.1) is 0 Å². The Bertz CT molecular complexity index is 815. The van der Waals surface area contributed by atoms with Gasteiger partial charge in [-0.2, -0.15) is 0 Å². The van der Waals surface area contributed by atoms with E-state index >= 15 is 0 Å². The lowest BCUT2D eigenvalue weighted by Crippen LogP contribution is -2.45. The Balaban J connectivity index is 2.22. The van der Waals surface area contributed by atoms with Gasteiger partial charge in [0.2, 0.25) is 15.9 Å². The third-order valence-electron chi connectivity index (χ3n) is 3.69. The number of hydrogen-bond acceptors (Lipinski definition) is 5. The number of rotatable bonds is 7. The molecule has 0 radical (unpaired) electrons. The molecule has 136 valence electrons. The van der Waals surface area contributed by atoms with Crippen LogP contribution in [-0.2, 0) is 21.4 Å². The second kappa shape index (κ2) is 7.69. The summed E-state index contributed by atoms with van der Waals surface area (Å²) in [5, 5.41) is 3.72. The number of aromatic nitrogens is 1. The summed E-state index contributed by atoms with van der Waals surface area (Å²) < 4.78 is 30.1. The van der Waals surface area contributed by atoms with Gasteiger partial charge in [-0.1, -0.05) is 35.5 Å². The molecule has 1 heterocycles. The van der Waals surface area contributed by atoms with E-state index in [1.807, 2.05) is 44.2 Å². The van der Waals surface area contributed by atoms with E-state index in [9.17, 15) is 13.2 Å². The van der Waals surface area contributed by atoms with Gasteiger partial charge < -0.3 is 9.42 Å². The Morgan fingerprint density at radius 1 is 1.24 bits per heavy atom. The topological polar surface area (TPSA) is 83.7 Å². The van der Waals surface area contributed by atoms with Crippen molar-refractivity contribution < 1.29 is 17.7 Å². The van der Waals surface area contributed by atoms with E-state index in [1.54, 1.807) is 11.8 Å². The molecule has 0 bridgehead atoms. The van der Waals surface area contributed by atoms with Crippen LogP contribution < -0.4 is 4.31 Å². The molecule has 0 saturated heterocycles. The quantitative estimate of drug-likeness (QED) is 0.751. The highest BCUT2D eigenvalue weighted by molar-refractivity contribution is 7.92. The van der Waals surface area contributed by atoms with Crippen molar-refractivity contribution >= 4 is 21.7 Å². The molecule has 0 aliphatic carbocycles. The first-order valence-electron chi connectivity index (χ1n) is 7.93. The number of benzene rings is 1. The maximum absolute atomic E-state index is 12.8. The molecule has 0 aliphatic rings. The van der Waals surface area contributed by atoms with E-state index in [1.165, 1.54) is 6.07 Å². The van der Waals surface area contributed by atoms with E-state index < -0.39 is 10.0 Å². The molecule has 1 aromatic carbocycles. The fourth-order valence-corrected chi connectivity index (χ4v) is 3.16. The predicted molar refractivity (Wildman–Crippen MR) is 95.6 cm³/mol. The molecule has 25 heavy (non-hydrogen) atoms. The van der Waals surface area contributed by atoms with Gasteiger partial charge in [-0.05, 0) is 26.3 Å². The molecule has 0 fully saturated rings. The first kappa shape index (κ1) is 19.0. The Labute approximate surface area is 148 Å². The normalized spacial score (nSPS) is 11.6. The highest BCUT2D eigenvalue weighted by atomic mass is 32.2. The summed E-state index contributed by atoms with van der Waals surface area (Å²) in [5.74, 6) is 0.280. The van der Waals surface area contributed by atoms with Gasteiger partial charge in [0.15, 0.2) is 5.82 Å². The van der Waals surface area contributed by atoms with Crippen LogP contribution >= 0.6 is 0 Å². The zero-order valence-corrected chi connectivity index (χ0v) is 15.7. The van der Waals surface area contributed by atoms with E-state index in [0.717, 1.165) is 16.1 Å². The molecule has 0 spiro atoms. The first-order chi connectivity index (χ1) is 11.7. The Kier molecular flexibility index (Phi) is 5.84. The summed E-state index contributed by atoms with van der Waals surface area (Å²) in [6, 6.07) is 11.0. The summed E-state index contributed by atoms with van der Waals surface area (Å²) in [6.45, 7) is 5.54. The van der Waals surface area contributed by atoms with Gasteiger partial charge in [0, 0.05) is 18.7 Å². The molecule has 1 amide bonds. The molecular weight excluding hydrogens is 342 g/mol. The number of carbonyl (C=O) groups excluding carboxylic acids is 1. The zero-order valence-electron chi connectivity index (χ0n) is 14.8. The minimum atomic E-state index is -3.67. The molecular formula is C17H23N3O4S. The van der Waals surface area contributed by atoms with Gasteiger partial charge >= 0.3 is 0 Å². The summed E-state index contributed by atoms with van der Waals surface area (Å²) >= 11 is 0. The van der Waals surface area contributed by atoms with Crippen LogP contribution in [0, 0.1) is 6.92 Å². The zero-order chi connectivity index (χ0) is 18.6. The highest BCUT2D eigenvalue weighted by Gasteiger charge is 2.27. The fourth-order valence-electron chi connectivity index (χ4n) is 2.39. The van der Waals surface area contributed by atoms with E-state index in [-0.39, 0.29) is 24.3 Å². The molecule has 0 atom stereocenters. The summed E-state index contributed by atoms with van der Waals surface area (Å²) in [5.41, 5.74) is 0.979. The number of hydrogen-bond donors (Lipinski definition) is 0. The smallest absolute Gasteiger partial charge is 0.243 e. The summed E-state index contributed by atoms with van der Waals surface area (Å²) in [7, 11) is -3.67. The number of amides is 1. The van der Waals surface area contributed by atoms with Gasteiger partial charge in [0.1, 0.15) is 12.3 Å². The van der Waals surface area contributed by atoms with Crippen LogP contribution in [0.25, 0.3) is 0 Å². The molecule has 0 saturated carbocycles. The largest absolute Gasteiger partial charge is 0.360 e. The Hall–Kier alpha value is -2.35. The fraction of sp³-hybridized carbons (Fsp3) is 0.412. The van der Waals surface area contributed by atoms with E-state index in [0.29, 0.717) is 12.3 Å². The molecule has 0 aliphatic heterocycles. The van der Waals surface area contributed by atoms with Crippen LogP contribution in [0.3, 0.4) is 0 Å². The van der Waals surface area contributed by atoms with Crippen molar-refractivity contribution in [2.24, 2.45) is 0 Å². The highest BCUT2D eigenvalue weighted by Crippen LogP contribution is 2.18. The minimum absolute atomic E-state index is 0.0758. The molecule has 2 aromatic rings. The van der Waals surface area contributed by atoms with Crippen molar-refractivity contribution in [3.63, 3.8) is 0 Å². The maximum atomic E-state index is 12.8.